The number of fused-ring (bicyclic) bond motifs is 1. The van der Waals surface area contributed by atoms with Crippen LogP contribution >= 0.6 is 0 Å². The molecule has 5 heteroatoms. The molecule has 0 aliphatic carbocycles. The number of nitrogens with zero attached hydrogens (tertiary/aromatic N) is 1. The van der Waals surface area contributed by atoms with Crippen LogP contribution in [-0.4, -0.2) is 10.9 Å². The van der Waals surface area contributed by atoms with E-state index >= 15 is 0 Å². The predicted molar refractivity (Wildman–Crippen MR) is 47.1 cm³/mol. The van der Waals surface area contributed by atoms with Crippen LogP contribution in [0.25, 0.3) is 11.1 Å². The number of oxazole rings is 1. The number of nitrogens with two attached hydrogens (primary N) is 1. The summed E-state index contributed by atoms with van der Waals surface area (Å²) < 4.78 is 18.1. The number of carbonyl (C=O) groups is 1. The molecule has 0 aliphatic rings. The Bertz CT molecular complexity index is 480. The lowest BCUT2D eigenvalue weighted by molar-refractivity contribution is -0.122. The fourth-order valence-corrected chi connectivity index (χ4v) is 1.20. The van der Waals surface area contributed by atoms with Gasteiger partial charge in [-0.25, -0.2) is 9.37 Å². The highest BCUT2D eigenvalue weighted by molar-refractivity contribution is 5.82. The Morgan fingerprint density at radius 1 is 1.57 bits per heavy atom. The second-order valence-corrected chi connectivity index (χ2v) is 2.84. The molecule has 0 fully saturated rings. The minimum atomic E-state index is -1.80. The number of rotatable bonds is 2. The summed E-state index contributed by atoms with van der Waals surface area (Å²) in [5, 5.41) is 0. The zero-order valence-corrected chi connectivity index (χ0v) is 7.11. The van der Waals surface area contributed by atoms with E-state index < -0.39 is 12.1 Å². The average molecular weight is 194 g/mol. The molecule has 0 radical (unpaired) electrons. The molecule has 0 saturated heterocycles. The zero-order chi connectivity index (χ0) is 10.1. The van der Waals surface area contributed by atoms with E-state index in [0.29, 0.717) is 11.1 Å². The molecule has 14 heavy (non-hydrogen) atoms. The van der Waals surface area contributed by atoms with Gasteiger partial charge in [-0.3, -0.25) is 4.79 Å². The molecule has 0 bridgehead atoms. The van der Waals surface area contributed by atoms with Crippen LogP contribution < -0.4 is 5.73 Å². The molecule has 0 aliphatic heterocycles. The van der Waals surface area contributed by atoms with Gasteiger partial charge in [0.2, 0.25) is 6.17 Å². The van der Waals surface area contributed by atoms with Crippen LogP contribution in [0.4, 0.5) is 4.39 Å². The molecule has 1 amide bonds. The van der Waals surface area contributed by atoms with Crippen LogP contribution in [0, 0.1) is 0 Å². The van der Waals surface area contributed by atoms with E-state index in [4.69, 9.17) is 10.2 Å². The summed E-state index contributed by atoms with van der Waals surface area (Å²) in [4.78, 5) is 14.4. The monoisotopic (exact) mass is 194 g/mol. The molecular weight excluding hydrogens is 187 g/mol. The number of hydrogen-bond donors (Lipinski definition) is 1. The fourth-order valence-electron chi connectivity index (χ4n) is 1.20. The SMILES string of the molecule is NC(=O)C(F)c1ccc2ocnc2c1. The molecule has 2 N–H and O–H groups in total. The number of carbonyl (C=O) groups excluding carboxylic acids is 1. The number of halogens is 1. The van der Waals surface area contributed by atoms with E-state index in [1.54, 1.807) is 6.07 Å². The van der Waals surface area contributed by atoms with Crippen molar-refractivity contribution in [2.75, 3.05) is 0 Å². The van der Waals surface area contributed by atoms with Crippen molar-refractivity contribution in [1.82, 2.24) is 4.98 Å². The molecule has 1 unspecified atom stereocenters. The van der Waals surface area contributed by atoms with E-state index in [-0.39, 0.29) is 5.56 Å². The van der Waals surface area contributed by atoms with Gasteiger partial charge >= 0.3 is 0 Å². The third-order valence-electron chi connectivity index (χ3n) is 1.90. The number of aromatic nitrogens is 1. The third kappa shape index (κ3) is 1.32. The van der Waals surface area contributed by atoms with Crippen molar-refractivity contribution in [3.63, 3.8) is 0 Å². The van der Waals surface area contributed by atoms with Gasteiger partial charge in [0.25, 0.3) is 5.91 Å². The Hall–Kier alpha value is -1.91. The van der Waals surface area contributed by atoms with Crippen molar-refractivity contribution in [2.45, 2.75) is 6.17 Å². The summed E-state index contributed by atoms with van der Waals surface area (Å²) >= 11 is 0. The standard InChI is InChI=1S/C9H7FN2O2/c10-8(9(11)13)5-1-2-7-6(3-5)12-4-14-7/h1-4,8H,(H2,11,13). The second kappa shape index (κ2) is 3.10. The van der Waals surface area contributed by atoms with E-state index in [2.05, 4.69) is 4.98 Å². The van der Waals surface area contributed by atoms with Crippen molar-refractivity contribution in [2.24, 2.45) is 5.73 Å². The number of primary amides is 1. The van der Waals surface area contributed by atoms with Gasteiger partial charge in [-0.15, -0.1) is 0 Å². The number of amides is 1. The molecule has 1 aromatic heterocycles. The highest BCUT2D eigenvalue weighted by atomic mass is 19.1. The van der Waals surface area contributed by atoms with Crippen molar-refractivity contribution in [3.05, 3.63) is 30.2 Å². The number of hydrogen-bond acceptors (Lipinski definition) is 3. The van der Waals surface area contributed by atoms with Gasteiger partial charge in [0, 0.05) is 0 Å². The van der Waals surface area contributed by atoms with Crippen molar-refractivity contribution >= 4 is 17.0 Å². The molecule has 1 aromatic carbocycles. The molecule has 0 saturated carbocycles. The Morgan fingerprint density at radius 3 is 3.07 bits per heavy atom. The number of benzene rings is 1. The van der Waals surface area contributed by atoms with Crippen molar-refractivity contribution < 1.29 is 13.6 Å². The highest BCUT2D eigenvalue weighted by Gasteiger charge is 2.16. The summed E-state index contributed by atoms with van der Waals surface area (Å²) in [5.41, 5.74) is 6.08. The molecule has 1 heterocycles. The summed E-state index contributed by atoms with van der Waals surface area (Å²) in [6.45, 7) is 0. The van der Waals surface area contributed by atoms with Crippen molar-refractivity contribution in [1.29, 1.82) is 0 Å². The molecule has 0 spiro atoms. The van der Waals surface area contributed by atoms with Gasteiger partial charge in [0.1, 0.15) is 5.52 Å². The van der Waals surface area contributed by atoms with E-state index in [0.717, 1.165) is 0 Å². The minimum absolute atomic E-state index is 0.193. The van der Waals surface area contributed by atoms with Gasteiger partial charge < -0.3 is 10.2 Å². The van der Waals surface area contributed by atoms with Gasteiger partial charge in [0.15, 0.2) is 12.0 Å². The van der Waals surface area contributed by atoms with E-state index in [1.165, 1.54) is 18.5 Å². The van der Waals surface area contributed by atoms with Crippen LogP contribution in [0.5, 0.6) is 0 Å². The molecule has 4 nitrogen and oxygen atoms in total. The van der Waals surface area contributed by atoms with E-state index in [1.807, 2.05) is 0 Å². The maximum atomic E-state index is 13.2. The summed E-state index contributed by atoms with van der Waals surface area (Å²) in [5.74, 6) is -1.01. The van der Waals surface area contributed by atoms with Crippen LogP contribution in [0.2, 0.25) is 0 Å². The van der Waals surface area contributed by atoms with Gasteiger partial charge in [-0.1, -0.05) is 6.07 Å². The number of alkyl halides is 1. The first kappa shape index (κ1) is 8.68. The Kier molecular flexibility index (Phi) is 1.92. The van der Waals surface area contributed by atoms with Crippen LogP contribution in [0.3, 0.4) is 0 Å². The van der Waals surface area contributed by atoms with Gasteiger partial charge in [-0.2, -0.15) is 0 Å². The third-order valence-corrected chi connectivity index (χ3v) is 1.90. The fraction of sp³-hybridized carbons (Fsp3) is 0.111. The Morgan fingerprint density at radius 2 is 2.36 bits per heavy atom. The maximum absolute atomic E-state index is 13.2. The average Bonchev–Trinajstić information content (AvgIpc) is 2.62. The topological polar surface area (TPSA) is 69.1 Å². The largest absolute Gasteiger partial charge is 0.443 e. The van der Waals surface area contributed by atoms with E-state index in [9.17, 15) is 9.18 Å². The predicted octanol–water partition coefficient (Wildman–Crippen LogP) is 1.32. The second-order valence-electron chi connectivity index (χ2n) is 2.84. The highest BCUT2D eigenvalue weighted by Crippen LogP contribution is 2.21. The Balaban J connectivity index is 2.48. The van der Waals surface area contributed by atoms with Gasteiger partial charge in [0.05, 0.1) is 0 Å². The normalized spacial score (nSPS) is 12.9. The quantitative estimate of drug-likeness (QED) is 0.783. The van der Waals surface area contributed by atoms with Crippen molar-refractivity contribution in [3.8, 4) is 0 Å². The smallest absolute Gasteiger partial charge is 0.256 e. The summed E-state index contributed by atoms with van der Waals surface area (Å²) in [6, 6.07) is 4.43. The summed E-state index contributed by atoms with van der Waals surface area (Å²) in [7, 11) is 0. The first-order valence-electron chi connectivity index (χ1n) is 3.95. The van der Waals surface area contributed by atoms with Crippen LogP contribution in [-0.2, 0) is 4.79 Å². The lowest BCUT2D eigenvalue weighted by Gasteiger charge is -2.02. The first-order chi connectivity index (χ1) is 6.68. The molecule has 72 valence electrons. The molecular formula is C9H7FN2O2. The Labute approximate surface area is 78.5 Å². The maximum Gasteiger partial charge on any atom is 0.256 e. The van der Waals surface area contributed by atoms with Crippen LogP contribution in [0.1, 0.15) is 11.7 Å². The van der Waals surface area contributed by atoms with Gasteiger partial charge in [-0.05, 0) is 17.7 Å². The minimum Gasteiger partial charge on any atom is -0.443 e. The zero-order valence-electron chi connectivity index (χ0n) is 7.11. The summed E-state index contributed by atoms with van der Waals surface area (Å²) in [6.07, 6.45) is -0.539. The molecule has 1 atom stereocenters. The van der Waals surface area contributed by atoms with Crippen LogP contribution in [0.15, 0.2) is 29.0 Å². The molecule has 2 aromatic rings. The first-order valence-corrected chi connectivity index (χ1v) is 3.95. The lowest BCUT2D eigenvalue weighted by Crippen LogP contribution is -2.17. The lowest BCUT2D eigenvalue weighted by atomic mass is 10.1. The molecule has 2 rings (SSSR count).